The fourth-order valence-corrected chi connectivity index (χ4v) is 3.20. The summed E-state index contributed by atoms with van der Waals surface area (Å²) in [5.74, 6) is -0.190. The van der Waals surface area contributed by atoms with Crippen LogP contribution in [0.1, 0.15) is 37.3 Å². The van der Waals surface area contributed by atoms with E-state index in [1.54, 1.807) is 23.3 Å². The number of rotatable bonds is 7. The highest BCUT2D eigenvalue weighted by Gasteiger charge is 2.33. The Hall–Kier alpha value is -2.40. The molecule has 0 bridgehead atoms. The molecule has 2 unspecified atom stereocenters. The van der Waals surface area contributed by atoms with Crippen molar-refractivity contribution >= 4 is 11.9 Å². The maximum Gasteiger partial charge on any atom is 0.328 e. The van der Waals surface area contributed by atoms with Gasteiger partial charge < -0.3 is 9.57 Å². The van der Waals surface area contributed by atoms with Crippen LogP contribution in [0.4, 0.5) is 0 Å². The number of benzene rings is 1. The molecule has 1 aliphatic carbocycles. The minimum atomic E-state index is -0.338. The van der Waals surface area contributed by atoms with Crippen LogP contribution < -0.4 is 4.74 Å². The Balaban J connectivity index is 2.10. The highest BCUT2D eigenvalue weighted by Crippen LogP contribution is 2.38. The number of ether oxygens (including phenoxy) is 1. The topological polar surface area (TPSA) is 55.8 Å². The van der Waals surface area contributed by atoms with Crippen molar-refractivity contribution in [3.8, 4) is 5.75 Å². The molecule has 2 atom stereocenters. The number of aryl methyl sites for hydroxylation is 1. The van der Waals surface area contributed by atoms with E-state index in [1.807, 2.05) is 19.1 Å². The number of esters is 1. The van der Waals surface area contributed by atoms with E-state index in [9.17, 15) is 9.59 Å². The second-order valence-corrected chi connectivity index (χ2v) is 6.22. The molecule has 0 saturated carbocycles. The molecule has 0 heterocycles. The number of hydroxylamine groups is 2. The summed E-state index contributed by atoms with van der Waals surface area (Å²) < 4.78 is 5.14. The molecule has 1 aromatic rings. The van der Waals surface area contributed by atoms with Crippen LogP contribution >= 0.6 is 0 Å². The minimum absolute atomic E-state index is 0.0388. The van der Waals surface area contributed by atoms with Gasteiger partial charge in [0, 0.05) is 6.92 Å². The molecule has 0 aromatic heterocycles. The second-order valence-electron chi connectivity index (χ2n) is 6.22. The van der Waals surface area contributed by atoms with Gasteiger partial charge in [-0.1, -0.05) is 25.1 Å². The third kappa shape index (κ3) is 4.79. The Bertz CT molecular complexity index is 658. The molecule has 0 radical (unpaired) electrons. The van der Waals surface area contributed by atoms with Crippen LogP contribution in [0.2, 0.25) is 0 Å². The van der Waals surface area contributed by atoms with Gasteiger partial charge >= 0.3 is 11.9 Å². The van der Waals surface area contributed by atoms with Gasteiger partial charge in [-0.05, 0) is 42.0 Å². The maximum absolute atomic E-state index is 12.6. The molecular formula is C20H25NO4. The van der Waals surface area contributed by atoms with E-state index in [0.717, 1.165) is 17.5 Å². The average Bonchev–Trinajstić information content (AvgIpc) is 2.55. The van der Waals surface area contributed by atoms with Crippen LogP contribution in [0.25, 0.3) is 0 Å². The molecule has 0 spiro atoms. The Kier molecular flexibility index (Phi) is 6.53. The molecule has 0 fully saturated rings. The highest BCUT2D eigenvalue weighted by molar-refractivity contribution is 5.74. The lowest BCUT2D eigenvalue weighted by atomic mass is 9.76. The molecule has 134 valence electrons. The summed E-state index contributed by atoms with van der Waals surface area (Å²) >= 11 is 0. The molecule has 0 N–H and O–H groups in total. The third-order valence-corrected chi connectivity index (χ3v) is 4.38. The van der Waals surface area contributed by atoms with Gasteiger partial charge in [0.1, 0.15) is 5.75 Å². The zero-order chi connectivity index (χ0) is 18.4. The number of fused-ring (bicyclic) bond motifs is 1. The van der Waals surface area contributed by atoms with Crippen LogP contribution in [-0.4, -0.2) is 30.1 Å². The molecule has 0 aliphatic heterocycles. The number of hydrogen-bond acceptors (Lipinski definition) is 5. The molecule has 1 aromatic carbocycles. The van der Waals surface area contributed by atoms with Crippen LogP contribution in [0, 0.1) is 5.92 Å². The Morgan fingerprint density at radius 2 is 1.96 bits per heavy atom. The van der Waals surface area contributed by atoms with Gasteiger partial charge in [0.25, 0.3) is 0 Å². The maximum atomic E-state index is 12.6. The smallest absolute Gasteiger partial charge is 0.328 e. The lowest BCUT2D eigenvalue weighted by Crippen LogP contribution is -2.34. The van der Waals surface area contributed by atoms with Crippen molar-refractivity contribution in [1.29, 1.82) is 0 Å². The predicted molar refractivity (Wildman–Crippen MR) is 96.0 cm³/mol. The van der Waals surface area contributed by atoms with E-state index in [-0.39, 0.29) is 23.8 Å². The standard InChI is InChI=1S/C20H25NO4/c1-5-11-21(12-6-2)25-20(23)19-9-7-16-13-17(24-15(4)22)8-10-18(16)14(19)3/h5-6,8,10,13-14,19H,1-2,7,9,11-12H2,3-4H3. The highest BCUT2D eigenvalue weighted by atomic mass is 16.7. The van der Waals surface area contributed by atoms with Crippen molar-refractivity contribution in [1.82, 2.24) is 5.06 Å². The number of carbonyl (C=O) groups is 2. The first-order valence-electron chi connectivity index (χ1n) is 8.46. The number of hydrogen-bond donors (Lipinski definition) is 0. The largest absolute Gasteiger partial charge is 0.427 e. The monoisotopic (exact) mass is 343 g/mol. The van der Waals surface area contributed by atoms with Crippen molar-refractivity contribution in [3.05, 3.63) is 54.6 Å². The normalized spacial score (nSPS) is 19.0. The summed E-state index contributed by atoms with van der Waals surface area (Å²) in [6.07, 6.45) is 4.82. The van der Waals surface area contributed by atoms with E-state index in [0.29, 0.717) is 25.3 Å². The van der Waals surface area contributed by atoms with Gasteiger partial charge in [-0.15, -0.1) is 18.2 Å². The lowest BCUT2D eigenvalue weighted by Gasteiger charge is -2.31. The molecule has 25 heavy (non-hydrogen) atoms. The van der Waals surface area contributed by atoms with E-state index in [1.165, 1.54) is 6.92 Å². The molecule has 5 nitrogen and oxygen atoms in total. The van der Waals surface area contributed by atoms with E-state index >= 15 is 0 Å². The van der Waals surface area contributed by atoms with E-state index < -0.39 is 0 Å². The van der Waals surface area contributed by atoms with Crippen molar-refractivity contribution < 1.29 is 19.2 Å². The molecule has 5 heteroatoms. The molecule has 2 rings (SSSR count). The van der Waals surface area contributed by atoms with Crippen LogP contribution in [0.3, 0.4) is 0 Å². The summed E-state index contributed by atoms with van der Waals surface area (Å²) in [4.78, 5) is 29.2. The minimum Gasteiger partial charge on any atom is -0.427 e. The SMILES string of the molecule is C=CCN(CC=C)OC(=O)C1CCc2cc(OC(C)=O)ccc2C1C. The molecule has 1 aliphatic rings. The van der Waals surface area contributed by atoms with Gasteiger partial charge in [-0.2, -0.15) is 0 Å². The lowest BCUT2D eigenvalue weighted by molar-refractivity contribution is -0.192. The average molecular weight is 343 g/mol. The van der Waals surface area contributed by atoms with Crippen LogP contribution in [0.5, 0.6) is 5.75 Å². The first-order chi connectivity index (χ1) is 12.0. The zero-order valence-electron chi connectivity index (χ0n) is 14.9. The van der Waals surface area contributed by atoms with Crippen molar-refractivity contribution in [3.63, 3.8) is 0 Å². The van der Waals surface area contributed by atoms with Crippen LogP contribution in [0.15, 0.2) is 43.5 Å². The van der Waals surface area contributed by atoms with Crippen molar-refractivity contribution in [2.75, 3.05) is 13.1 Å². The van der Waals surface area contributed by atoms with Crippen LogP contribution in [-0.2, 0) is 20.8 Å². The fraction of sp³-hybridized carbons (Fsp3) is 0.400. The van der Waals surface area contributed by atoms with Gasteiger partial charge in [-0.25, -0.2) is 0 Å². The molecule has 0 amide bonds. The Morgan fingerprint density at radius 1 is 1.28 bits per heavy atom. The second kappa shape index (κ2) is 8.62. The third-order valence-electron chi connectivity index (χ3n) is 4.38. The number of carbonyl (C=O) groups excluding carboxylic acids is 2. The van der Waals surface area contributed by atoms with Crippen molar-refractivity contribution in [2.45, 2.75) is 32.6 Å². The quantitative estimate of drug-likeness (QED) is 0.329. The van der Waals surface area contributed by atoms with Gasteiger partial charge in [0.15, 0.2) is 0 Å². The predicted octanol–water partition coefficient (Wildman–Crippen LogP) is 3.41. The molecular weight excluding hydrogens is 318 g/mol. The zero-order valence-corrected chi connectivity index (χ0v) is 14.9. The van der Waals surface area contributed by atoms with Crippen molar-refractivity contribution in [2.24, 2.45) is 5.92 Å². The van der Waals surface area contributed by atoms with Gasteiger partial charge in [-0.3, -0.25) is 9.59 Å². The Labute approximate surface area is 148 Å². The summed E-state index contributed by atoms with van der Waals surface area (Å²) in [6.45, 7) is 11.7. The van der Waals surface area contributed by atoms with E-state index in [4.69, 9.17) is 9.57 Å². The molecule has 0 saturated heterocycles. The summed E-state index contributed by atoms with van der Waals surface area (Å²) in [5, 5.41) is 1.55. The van der Waals surface area contributed by atoms with E-state index in [2.05, 4.69) is 13.2 Å². The first kappa shape index (κ1) is 18.9. The Morgan fingerprint density at radius 3 is 2.56 bits per heavy atom. The van der Waals surface area contributed by atoms with Gasteiger partial charge in [0.05, 0.1) is 19.0 Å². The van der Waals surface area contributed by atoms with Gasteiger partial charge in [0.2, 0.25) is 0 Å². The number of nitrogens with zero attached hydrogens (tertiary/aromatic N) is 1. The first-order valence-corrected chi connectivity index (χ1v) is 8.46. The summed E-state index contributed by atoms with van der Waals surface area (Å²) in [7, 11) is 0. The summed E-state index contributed by atoms with van der Waals surface area (Å²) in [6, 6.07) is 5.59. The fourth-order valence-electron chi connectivity index (χ4n) is 3.20. The summed E-state index contributed by atoms with van der Waals surface area (Å²) in [5.41, 5.74) is 2.22.